The Labute approximate surface area is 172 Å². The first-order valence-electron chi connectivity index (χ1n) is 8.93. The third-order valence-corrected chi connectivity index (χ3v) is 6.30. The van der Waals surface area contributed by atoms with Crippen LogP contribution in [0.2, 0.25) is 0 Å². The summed E-state index contributed by atoms with van der Waals surface area (Å²) < 4.78 is 0. The predicted octanol–water partition coefficient (Wildman–Crippen LogP) is 5.54. The number of amides is 1. The quantitative estimate of drug-likeness (QED) is 0.458. The molecule has 1 amide bonds. The molecule has 0 unspecified atom stereocenters. The lowest BCUT2D eigenvalue weighted by Crippen LogP contribution is -2.15. The van der Waals surface area contributed by atoms with Gasteiger partial charge in [0.05, 0.1) is 5.75 Å². The molecule has 0 aliphatic rings. The van der Waals surface area contributed by atoms with Crippen LogP contribution in [-0.2, 0) is 10.5 Å². The van der Waals surface area contributed by atoms with Gasteiger partial charge in [-0.15, -0.1) is 11.8 Å². The van der Waals surface area contributed by atoms with Gasteiger partial charge in [-0.2, -0.15) is 0 Å². The van der Waals surface area contributed by atoms with Crippen molar-refractivity contribution < 1.29 is 4.79 Å². The highest BCUT2D eigenvalue weighted by Gasteiger charge is 2.11. The van der Waals surface area contributed by atoms with Crippen molar-refractivity contribution in [2.75, 3.05) is 11.1 Å². The fourth-order valence-corrected chi connectivity index (χ4v) is 4.50. The summed E-state index contributed by atoms with van der Waals surface area (Å²) in [7, 11) is 0. The van der Waals surface area contributed by atoms with Gasteiger partial charge in [0, 0.05) is 23.2 Å². The van der Waals surface area contributed by atoms with Crippen molar-refractivity contribution in [2.45, 2.75) is 12.7 Å². The van der Waals surface area contributed by atoms with Crippen LogP contribution in [0, 0.1) is 6.92 Å². The van der Waals surface area contributed by atoms with E-state index in [-0.39, 0.29) is 5.91 Å². The van der Waals surface area contributed by atoms with Crippen molar-refractivity contribution in [3.8, 4) is 10.6 Å². The van der Waals surface area contributed by atoms with Crippen LogP contribution in [0.1, 0.15) is 11.1 Å². The van der Waals surface area contributed by atoms with Crippen molar-refractivity contribution in [3.05, 3.63) is 78.0 Å². The molecule has 0 atom stereocenters. The van der Waals surface area contributed by atoms with Crippen LogP contribution in [-0.4, -0.2) is 21.6 Å². The molecule has 0 fully saturated rings. The van der Waals surface area contributed by atoms with E-state index in [1.165, 1.54) is 5.56 Å². The van der Waals surface area contributed by atoms with Crippen molar-refractivity contribution in [2.24, 2.45) is 0 Å². The molecule has 28 heavy (non-hydrogen) atoms. The Morgan fingerprint density at radius 1 is 1.11 bits per heavy atom. The van der Waals surface area contributed by atoms with Gasteiger partial charge in [0.1, 0.15) is 15.4 Å². The summed E-state index contributed by atoms with van der Waals surface area (Å²) in [5.74, 6) is 1.25. The van der Waals surface area contributed by atoms with E-state index in [0.717, 1.165) is 37.9 Å². The second-order valence-corrected chi connectivity index (χ2v) is 8.37. The van der Waals surface area contributed by atoms with Gasteiger partial charge >= 0.3 is 0 Å². The molecule has 2 heterocycles. The summed E-state index contributed by atoms with van der Waals surface area (Å²) in [4.78, 5) is 22.3. The smallest absolute Gasteiger partial charge is 0.234 e. The van der Waals surface area contributed by atoms with E-state index in [9.17, 15) is 4.79 Å². The minimum absolute atomic E-state index is 0.00662. The molecular weight excluding hydrogens is 386 g/mol. The molecule has 0 aliphatic carbocycles. The molecule has 0 spiro atoms. The van der Waals surface area contributed by atoms with Crippen molar-refractivity contribution in [1.82, 2.24) is 9.97 Å². The van der Waals surface area contributed by atoms with Gasteiger partial charge in [0.15, 0.2) is 0 Å². The number of carbonyl (C=O) groups excluding carboxylic acids is 1. The molecule has 0 bridgehead atoms. The van der Waals surface area contributed by atoms with E-state index in [4.69, 9.17) is 0 Å². The first-order chi connectivity index (χ1) is 13.7. The molecule has 140 valence electrons. The molecule has 2 aromatic heterocycles. The Hall–Kier alpha value is -2.70. The van der Waals surface area contributed by atoms with E-state index in [0.29, 0.717) is 5.75 Å². The second-order valence-electron chi connectivity index (χ2n) is 6.40. The Bertz CT molecular complexity index is 1080. The largest absolute Gasteiger partial charge is 0.325 e. The maximum absolute atomic E-state index is 12.4. The van der Waals surface area contributed by atoms with Crippen LogP contribution in [0.15, 0.2) is 66.9 Å². The topological polar surface area (TPSA) is 54.9 Å². The van der Waals surface area contributed by atoms with E-state index in [1.807, 2.05) is 55.5 Å². The van der Waals surface area contributed by atoms with Crippen LogP contribution in [0.3, 0.4) is 0 Å². The van der Waals surface area contributed by atoms with E-state index < -0.39 is 0 Å². The number of aromatic nitrogens is 2. The van der Waals surface area contributed by atoms with E-state index in [2.05, 4.69) is 27.4 Å². The Balaban J connectivity index is 1.44. The van der Waals surface area contributed by atoms with Crippen LogP contribution in [0.25, 0.3) is 20.9 Å². The number of thiazole rings is 1. The van der Waals surface area contributed by atoms with E-state index >= 15 is 0 Å². The maximum atomic E-state index is 12.4. The Morgan fingerprint density at radius 2 is 1.96 bits per heavy atom. The fourth-order valence-electron chi connectivity index (χ4n) is 2.81. The third-order valence-electron chi connectivity index (χ3n) is 4.27. The molecule has 4 nitrogen and oxygen atoms in total. The Morgan fingerprint density at radius 3 is 2.79 bits per heavy atom. The number of anilines is 1. The van der Waals surface area contributed by atoms with Gasteiger partial charge in [-0.25, -0.2) is 9.97 Å². The number of aryl methyl sites for hydroxylation is 1. The van der Waals surface area contributed by atoms with Gasteiger partial charge in [0.2, 0.25) is 5.91 Å². The highest BCUT2D eigenvalue weighted by molar-refractivity contribution is 7.99. The summed E-state index contributed by atoms with van der Waals surface area (Å²) in [5, 5.41) is 3.95. The highest BCUT2D eigenvalue weighted by atomic mass is 32.2. The molecule has 4 rings (SSSR count). The molecular formula is C22H19N3OS2. The lowest BCUT2D eigenvalue weighted by Gasteiger charge is -2.10. The lowest BCUT2D eigenvalue weighted by atomic mass is 10.1. The number of nitrogens with one attached hydrogen (secondary N) is 1. The molecule has 0 radical (unpaired) electrons. The third kappa shape index (κ3) is 4.40. The number of benzene rings is 2. The normalized spacial score (nSPS) is 10.9. The molecule has 2 aromatic carbocycles. The van der Waals surface area contributed by atoms with Crippen molar-refractivity contribution >= 4 is 45.0 Å². The minimum atomic E-state index is 0.00662. The number of hydrogen-bond donors (Lipinski definition) is 1. The van der Waals surface area contributed by atoms with Gasteiger partial charge in [-0.3, -0.25) is 4.79 Å². The zero-order valence-corrected chi connectivity index (χ0v) is 17.0. The molecule has 0 saturated carbocycles. The van der Waals surface area contributed by atoms with Crippen LogP contribution >= 0.6 is 23.1 Å². The summed E-state index contributed by atoms with van der Waals surface area (Å²) in [6.07, 6.45) is 1.78. The van der Waals surface area contributed by atoms with Gasteiger partial charge < -0.3 is 5.32 Å². The minimum Gasteiger partial charge on any atom is -0.325 e. The lowest BCUT2D eigenvalue weighted by molar-refractivity contribution is -0.113. The van der Waals surface area contributed by atoms with Crippen LogP contribution in [0.5, 0.6) is 0 Å². The summed E-state index contributed by atoms with van der Waals surface area (Å²) in [5.41, 5.74) is 4.97. The Kier molecular flexibility index (Phi) is 5.69. The van der Waals surface area contributed by atoms with Gasteiger partial charge in [0.25, 0.3) is 0 Å². The average molecular weight is 406 g/mol. The zero-order chi connectivity index (χ0) is 19.3. The number of thioether (sulfide) groups is 1. The fraction of sp³-hybridized carbons (Fsp3) is 0.136. The molecule has 4 aromatic rings. The molecule has 1 N–H and O–H groups in total. The monoisotopic (exact) mass is 405 g/mol. The highest BCUT2D eigenvalue weighted by Crippen LogP contribution is 2.31. The number of carbonyl (C=O) groups is 1. The van der Waals surface area contributed by atoms with Crippen LogP contribution < -0.4 is 5.32 Å². The standard InChI is InChI=1S/C22H19N3OS2/c1-15-9-10-17(21-25-18-8-5-11-23-22(18)28-21)12-19(15)24-20(26)14-27-13-16-6-3-2-4-7-16/h2-12H,13-14H2,1H3,(H,24,26). The number of pyridine rings is 1. The molecule has 6 heteroatoms. The predicted molar refractivity (Wildman–Crippen MR) is 119 cm³/mol. The summed E-state index contributed by atoms with van der Waals surface area (Å²) >= 11 is 3.17. The van der Waals surface area contributed by atoms with Crippen molar-refractivity contribution in [3.63, 3.8) is 0 Å². The summed E-state index contributed by atoms with van der Waals surface area (Å²) in [6, 6.07) is 20.1. The molecule has 0 aliphatic heterocycles. The zero-order valence-electron chi connectivity index (χ0n) is 15.4. The van der Waals surface area contributed by atoms with Crippen molar-refractivity contribution in [1.29, 1.82) is 0 Å². The van der Waals surface area contributed by atoms with Gasteiger partial charge in [-0.05, 0) is 36.2 Å². The van der Waals surface area contributed by atoms with Gasteiger partial charge in [-0.1, -0.05) is 53.8 Å². The van der Waals surface area contributed by atoms with E-state index in [1.54, 1.807) is 29.3 Å². The SMILES string of the molecule is Cc1ccc(-c2nc3cccnc3s2)cc1NC(=O)CSCc1ccccc1. The average Bonchev–Trinajstić information content (AvgIpc) is 3.15. The summed E-state index contributed by atoms with van der Waals surface area (Å²) in [6.45, 7) is 2.00. The number of nitrogens with zero attached hydrogens (tertiary/aromatic N) is 2. The second kappa shape index (κ2) is 8.54. The molecule has 0 saturated heterocycles. The number of rotatable bonds is 6. The number of hydrogen-bond acceptors (Lipinski definition) is 5. The van der Waals surface area contributed by atoms with Crippen LogP contribution in [0.4, 0.5) is 5.69 Å². The number of fused-ring (bicyclic) bond motifs is 1. The first kappa shape index (κ1) is 18.7. The maximum Gasteiger partial charge on any atom is 0.234 e. The first-order valence-corrected chi connectivity index (χ1v) is 10.9.